The number of carbonyl (C=O) groups excluding carboxylic acids is 1. The monoisotopic (exact) mass is 597 g/mol. The number of fused-ring (bicyclic) bond motifs is 1. The molecule has 0 unspecified atom stereocenters. The summed E-state index contributed by atoms with van der Waals surface area (Å²) in [6, 6.07) is 16.1. The fourth-order valence-corrected chi connectivity index (χ4v) is 6.96. The number of nitrogens with zero attached hydrogens (tertiary/aromatic N) is 4. The van der Waals surface area contributed by atoms with Crippen molar-refractivity contribution in [3.8, 4) is 23.1 Å². The zero-order valence-corrected chi connectivity index (χ0v) is 23.7. The van der Waals surface area contributed by atoms with Crippen LogP contribution in [0, 0.1) is 11.8 Å². The van der Waals surface area contributed by atoms with Crippen LogP contribution >= 0.6 is 12.2 Å². The number of anilines is 1. The van der Waals surface area contributed by atoms with Gasteiger partial charge in [0.2, 0.25) is 10.0 Å². The largest absolute Gasteiger partial charge is 0.480 e. The van der Waals surface area contributed by atoms with Crippen molar-refractivity contribution in [2.75, 3.05) is 18.0 Å². The van der Waals surface area contributed by atoms with Crippen LogP contribution in [0.2, 0.25) is 0 Å². The van der Waals surface area contributed by atoms with Crippen molar-refractivity contribution < 1.29 is 23.1 Å². The van der Waals surface area contributed by atoms with Crippen LogP contribution in [0.15, 0.2) is 78.0 Å². The number of sulfonamides is 1. The summed E-state index contributed by atoms with van der Waals surface area (Å²) >= 11 is 5.36. The zero-order valence-electron chi connectivity index (χ0n) is 22.0. The molecule has 2 aromatic carbocycles. The molecule has 2 aliphatic rings. The average molecular weight is 598 g/mol. The first-order valence-corrected chi connectivity index (χ1v) is 14.9. The van der Waals surface area contributed by atoms with E-state index in [9.17, 15) is 23.1 Å². The van der Waals surface area contributed by atoms with Crippen molar-refractivity contribution in [1.82, 2.24) is 19.6 Å². The molecule has 2 saturated heterocycles. The van der Waals surface area contributed by atoms with E-state index < -0.39 is 22.0 Å². The van der Waals surface area contributed by atoms with Crippen molar-refractivity contribution >= 4 is 55.8 Å². The molecule has 0 aliphatic carbocycles. The van der Waals surface area contributed by atoms with Crippen LogP contribution in [0.1, 0.15) is 24.0 Å². The Balaban J connectivity index is 1.23. The molecule has 0 spiro atoms. The maximum atomic E-state index is 13.0. The lowest BCUT2D eigenvalue weighted by Gasteiger charge is -2.20. The van der Waals surface area contributed by atoms with Gasteiger partial charge in [0.15, 0.2) is 5.11 Å². The highest BCUT2D eigenvalue weighted by molar-refractivity contribution is 7.89. The number of carbonyl (C=O) groups is 2. The van der Waals surface area contributed by atoms with Crippen molar-refractivity contribution in [2.45, 2.75) is 23.8 Å². The zero-order chi connectivity index (χ0) is 29.4. The molecule has 2 N–H and O–H groups in total. The third-order valence-corrected chi connectivity index (χ3v) is 9.40. The Hall–Kier alpha value is -4.70. The number of carboxylic acids is 1. The third kappa shape index (κ3) is 5.09. The molecule has 1 amide bonds. The topological polar surface area (TPSA) is 133 Å². The minimum atomic E-state index is -3.91. The van der Waals surface area contributed by atoms with Crippen LogP contribution < -0.4 is 10.2 Å². The molecular formula is C30H23N5O5S2. The Morgan fingerprint density at radius 1 is 1.05 bits per heavy atom. The number of thiocarbonyl (C=S) groups is 1. The van der Waals surface area contributed by atoms with E-state index in [1.54, 1.807) is 30.6 Å². The van der Waals surface area contributed by atoms with Crippen LogP contribution in [-0.4, -0.2) is 63.9 Å². The second-order valence-corrected chi connectivity index (χ2v) is 12.0. The first-order chi connectivity index (χ1) is 20.2. The minimum absolute atomic E-state index is 0.0377. The van der Waals surface area contributed by atoms with Crippen molar-refractivity contribution in [3.05, 3.63) is 84.2 Å². The molecule has 0 saturated carbocycles. The van der Waals surface area contributed by atoms with Crippen LogP contribution in [0.3, 0.4) is 0 Å². The van der Waals surface area contributed by atoms with Gasteiger partial charge in [-0.1, -0.05) is 24.0 Å². The molecule has 12 heteroatoms. The molecule has 4 heterocycles. The second kappa shape index (κ2) is 10.9. The van der Waals surface area contributed by atoms with Gasteiger partial charge in [-0.25, -0.2) is 13.4 Å². The second-order valence-electron chi connectivity index (χ2n) is 9.77. The molecule has 2 fully saturated rings. The molecule has 210 valence electrons. The van der Waals surface area contributed by atoms with Crippen LogP contribution in [0.4, 0.5) is 5.69 Å². The van der Waals surface area contributed by atoms with Gasteiger partial charge in [0, 0.05) is 41.0 Å². The highest BCUT2D eigenvalue weighted by atomic mass is 32.2. The summed E-state index contributed by atoms with van der Waals surface area (Å²) in [6.07, 6.45) is 4.12. The number of aromatic nitrogens is 2. The van der Waals surface area contributed by atoms with E-state index in [-0.39, 0.29) is 23.9 Å². The van der Waals surface area contributed by atoms with Gasteiger partial charge in [-0.15, -0.1) is 0 Å². The van der Waals surface area contributed by atoms with Crippen molar-refractivity contribution in [2.24, 2.45) is 0 Å². The van der Waals surface area contributed by atoms with E-state index in [1.165, 1.54) is 17.0 Å². The number of pyridine rings is 2. The third-order valence-electron chi connectivity index (χ3n) is 7.15. The highest BCUT2D eigenvalue weighted by Gasteiger charge is 2.39. The molecule has 42 heavy (non-hydrogen) atoms. The number of rotatable bonds is 5. The van der Waals surface area contributed by atoms with Crippen LogP contribution in [0.5, 0.6) is 0 Å². The number of benzene rings is 2. The van der Waals surface area contributed by atoms with Gasteiger partial charge in [-0.2, -0.15) is 4.31 Å². The first kappa shape index (κ1) is 27.5. The van der Waals surface area contributed by atoms with Crippen molar-refractivity contribution in [3.63, 3.8) is 0 Å². The lowest BCUT2D eigenvalue weighted by atomic mass is 10.1. The maximum absolute atomic E-state index is 13.0. The predicted octanol–water partition coefficient (Wildman–Crippen LogP) is 3.16. The molecule has 0 radical (unpaired) electrons. The molecule has 2 aromatic heterocycles. The van der Waals surface area contributed by atoms with E-state index in [1.807, 2.05) is 30.3 Å². The van der Waals surface area contributed by atoms with Gasteiger partial charge >= 0.3 is 5.97 Å². The molecule has 0 bridgehead atoms. The van der Waals surface area contributed by atoms with E-state index in [4.69, 9.17) is 17.2 Å². The lowest BCUT2D eigenvalue weighted by Crippen LogP contribution is -2.40. The summed E-state index contributed by atoms with van der Waals surface area (Å²) in [5, 5.41) is 13.3. The Kier molecular flexibility index (Phi) is 7.16. The first-order valence-electron chi connectivity index (χ1n) is 13.0. The molecule has 4 aromatic rings. The number of hydrogen-bond acceptors (Lipinski definition) is 7. The molecular weight excluding hydrogens is 574 g/mol. The van der Waals surface area contributed by atoms with Gasteiger partial charge in [0.25, 0.3) is 5.91 Å². The normalized spacial score (nSPS) is 17.2. The predicted molar refractivity (Wildman–Crippen MR) is 160 cm³/mol. The average Bonchev–Trinajstić information content (AvgIpc) is 3.63. The van der Waals surface area contributed by atoms with Crippen molar-refractivity contribution in [1.29, 1.82) is 0 Å². The quantitative estimate of drug-likeness (QED) is 0.263. The molecule has 6 rings (SSSR count). The maximum Gasteiger partial charge on any atom is 0.322 e. The Labute approximate surface area is 247 Å². The lowest BCUT2D eigenvalue weighted by molar-refractivity contribution is -0.140. The Morgan fingerprint density at radius 2 is 1.74 bits per heavy atom. The molecule has 2 aliphatic heterocycles. The summed E-state index contributed by atoms with van der Waals surface area (Å²) in [7, 11) is -3.91. The SMILES string of the molecule is O=C(O)[C@H]1CCCN1S(=O)(=O)c1ccc(C#Cc2ccc(-c3cc(N4C(=O)CNC4=S)c4cnccc4n3)cc2)cc1. The number of aliphatic carboxylic acids is 1. The van der Waals surface area contributed by atoms with E-state index in [2.05, 4.69) is 22.1 Å². The van der Waals surface area contributed by atoms with Crippen LogP contribution in [-0.2, 0) is 19.6 Å². The number of nitrogens with one attached hydrogen (secondary N) is 1. The number of carboxylic acid groups (broad SMARTS) is 1. The Bertz CT molecular complexity index is 1900. The standard InChI is InChI=1S/C30H23N5O5S2/c36-28-18-32-30(41)35(28)27-16-25(33-24-13-14-31-17-23(24)27)21-9-5-19(6-10-21)3-4-20-7-11-22(12-8-20)42(39,40)34-15-1-2-26(34)29(37)38/h5-14,16-17,26H,1-2,15,18H2,(H,32,41)(H,37,38)/t26-/m1/s1. The number of amides is 1. The van der Waals surface area contributed by atoms with Gasteiger partial charge in [-0.05, 0) is 73.6 Å². The highest BCUT2D eigenvalue weighted by Crippen LogP contribution is 2.32. The summed E-state index contributed by atoms with van der Waals surface area (Å²) in [6.45, 7) is 0.318. The van der Waals surface area contributed by atoms with Gasteiger partial charge < -0.3 is 10.4 Å². The van der Waals surface area contributed by atoms with Gasteiger partial charge in [0.05, 0.1) is 28.3 Å². The summed E-state index contributed by atoms with van der Waals surface area (Å²) in [5.74, 6) is 4.82. The number of hydrogen-bond donors (Lipinski definition) is 2. The minimum Gasteiger partial charge on any atom is -0.480 e. The summed E-state index contributed by atoms with van der Waals surface area (Å²) in [5.41, 5.74) is 4.12. The fraction of sp³-hybridized carbons (Fsp3) is 0.167. The van der Waals surface area contributed by atoms with Gasteiger partial charge in [0.1, 0.15) is 6.04 Å². The van der Waals surface area contributed by atoms with E-state index >= 15 is 0 Å². The Morgan fingerprint density at radius 3 is 2.38 bits per heavy atom. The fourth-order valence-electron chi connectivity index (χ4n) is 5.04. The molecule has 1 atom stereocenters. The van der Waals surface area contributed by atoms with E-state index in [0.29, 0.717) is 45.8 Å². The smallest absolute Gasteiger partial charge is 0.322 e. The van der Waals surface area contributed by atoms with Crippen LogP contribution in [0.25, 0.3) is 22.2 Å². The van der Waals surface area contributed by atoms with E-state index in [0.717, 1.165) is 15.4 Å². The van der Waals surface area contributed by atoms with Gasteiger partial charge in [-0.3, -0.25) is 19.5 Å². The summed E-state index contributed by atoms with van der Waals surface area (Å²) < 4.78 is 27.0. The molecule has 10 nitrogen and oxygen atoms in total. The summed E-state index contributed by atoms with van der Waals surface area (Å²) in [4.78, 5) is 34.5.